The molecule has 0 bridgehead atoms. The average molecular weight is 535 g/mol. The van der Waals surface area contributed by atoms with Crippen LogP contribution in [0.2, 0.25) is 5.02 Å². The highest BCUT2D eigenvalue weighted by Gasteiger charge is 2.28. The third kappa shape index (κ3) is 5.65. The Kier molecular flexibility index (Phi) is 8.03. The molecule has 1 N–H and O–H groups in total. The number of thioether (sulfide) groups is 1. The fourth-order valence-electron chi connectivity index (χ4n) is 3.96. The third-order valence-corrected chi connectivity index (χ3v) is 8.31. The van der Waals surface area contributed by atoms with Crippen LogP contribution in [-0.4, -0.2) is 39.0 Å². The molecule has 1 aliphatic rings. The van der Waals surface area contributed by atoms with Crippen LogP contribution >= 0.6 is 34.7 Å². The molecule has 1 aliphatic carbocycles. The van der Waals surface area contributed by atoms with Crippen molar-refractivity contribution in [3.05, 3.63) is 50.6 Å². The summed E-state index contributed by atoms with van der Waals surface area (Å²) in [6, 6.07) is 5.48. The van der Waals surface area contributed by atoms with Crippen LogP contribution in [-0.2, 0) is 29.4 Å². The molecule has 4 rings (SSSR count). The van der Waals surface area contributed by atoms with Gasteiger partial charge in [0.1, 0.15) is 10.8 Å². The molecule has 8 nitrogen and oxygen atoms in total. The highest BCUT2D eigenvalue weighted by Crippen LogP contribution is 2.39. The first-order chi connectivity index (χ1) is 16.8. The van der Waals surface area contributed by atoms with Crippen LogP contribution < -0.4 is 10.1 Å². The van der Waals surface area contributed by atoms with E-state index < -0.39 is 0 Å². The maximum absolute atomic E-state index is 12.7. The molecule has 0 spiro atoms. The van der Waals surface area contributed by atoms with Crippen LogP contribution in [0.5, 0.6) is 5.75 Å². The molecule has 0 fully saturated rings. The number of anilines is 1. The zero-order valence-corrected chi connectivity index (χ0v) is 22.4. The van der Waals surface area contributed by atoms with Crippen molar-refractivity contribution in [2.45, 2.75) is 51.3 Å². The smallest absolute Gasteiger partial charge is 0.341 e. The van der Waals surface area contributed by atoms with Gasteiger partial charge in [0, 0.05) is 16.9 Å². The lowest BCUT2D eigenvalue weighted by Crippen LogP contribution is -2.17. The summed E-state index contributed by atoms with van der Waals surface area (Å²) in [5.74, 6) is 0.863. The van der Waals surface area contributed by atoms with E-state index in [0.717, 1.165) is 35.3 Å². The molecule has 3 aromatic rings. The van der Waals surface area contributed by atoms with Crippen molar-refractivity contribution in [1.29, 1.82) is 0 Å². The van der Waals surface area contributed by atoms with E-state index >= 15 is 0 Å². The van der Waals surface area contributed by atoms with Gasteiger partial charge in [0.05, 0.1) is 17.9 Å². The van der Waals surface area contributed by atoms with Crippen molar-refractivity contribution in [1.82, 2.24) is 14.8 Å². The minimum Gasteiger partial charge on any atom is -0.483 e. The molecular weight excluding hydrogens is 508 g/mol. The number of nitrogens with zero attached hydrogens (tertiary/aromatic N) is 3. The maximum Gasteiger partial charge on any atom is 0.341 e. The van der Waals surface area contributed by atoms with E-state index in [0.29, 0.717) is 38.9 Å². The number of fused-ring (bicyclic) bond motifs is 1. The quantitative estimate of drug-likeness (QED) is 0.291. The molecule has 2 heterocycles. The number of nitrogens with one attached hydrogen (secondary N) is 1. The van der Waals surface area contributed by atoms with Crippen LogP contribution in [0, 0.1) is 6.92 Å². The zero-order chi connectivity index (χ0) is 25.1. The number of ether oxygens (including phenoxy) is 2. The van der Waals surface area contributed by atoms with Gasteiger partial charge in [-0.1, -0.05) is 23.4 Å². The third-order valence-electron chi connectivity index (χ3n) is 5.66. The molecule has 0 radical (unpaired) electrons. The monoisotopic (exact) mass is 534 g/mol. The van der Waals surface area contributed by atoms with Crippen molar-refractivity contribution in [3.8, 4) is 5.75 Å². The van der Waals surface area contributed by atoms with Crippen LogP contribution in [0.4, 0.5) is 5.00 Å². The molecule has 2 aromatic heterocycles. The lowest BCUT2D eigenvalue weighted by Gasteiger charge is -2.15. The first kappa shape index (κ1) is 25.5. The van der Waals surface area contributed by atoms with Gasteiger partial charge in [0.15, 0.2) is 17.1 Å². The Morgan fingerprint density at radius 1 is 1.31 bits per heavy atom. The zero-order valence-electron chi connectivity index (χ0n) is 20.0. The van der Waals surface area contributed by atoms with Crippen LogP contribution in [0.15, 0.2) is 23.4 Å². The van der Waals surface area contributed by atoms with Gasteiger partial charge in [0.25, 0.3) is 0 Å². The predicted octanol–water partition coefficient (Wildman–Crippen LogP) is 5.37. The van der Waals surface area contributed by atoms with E-state index in [1.807, 2.05) is 37.6 Å². The largest absolute Gasteiger partial charge is 0.483 e. The molecule has 186 valence electrons. The van der Waals surface area contributed by atoms with Crippen LogP contribution in [0.25, 0.3) is 0 Å². The first-order valence-electron chi connectivity index (χ1n) is 11.3. The molecule has 0 aliphatic heterocycles. The number of rotatable bonds is 9. The van der Waals surface area contributed by atoms with Crippen molar-refractivity contribution in [3.63, 3.8) is 0 Å². The normalized spacial score (nSPS) is 13.4. The number of halogens is 1. The molecular formula is C24H27ClN4O4S2. The van der Waals surface area contributed by atoms with E-state index in [1.54, 1.807) is 13.0 Å². The molecule has 1 unspecified atom stereocenters. The molecule has 35 heavy (non-hydrogen) atoms. The lowest BCUT2D eigenvalue weighted by molar-refractivity contribution is -0.113. The molecule has 1 aromatic carbocycles. The van der Waals surface area contributed by atoms with Gasteiger partial charge in [-0.15, -0.1) is 21.5 Å². The molecule has 11 heteroatoms. The topological polar surface area (TPSA) is 95.3 Å². The highest BCUT2D eigenvalue weighted by molar-refractivity contribution is 7.99. The second-order valence-electron chi connectivity index (χ2n) is 8.19. The van der Waals surface area contributed by atoms with E-state index in [9.17, 15) is 9.59 Å². The Labute approximate surface area is 217 Å². The van der Waals surface area contributed by atoms with Gasteiger partial charge in [0.2, 0.25) is 5.91 Å². The number of hydrogen-bond donors (Lipinski definition) is 1. The molecule has 1 atom stereocenters. The standard InChI is InChI=1S/C24H27ClN4O4S2/c1-5-32-23(31)20-16-7-6-8-18(16)35-22(20)26-19(30)12-34-24-28-27-21(29(24)4)14(3)33-15-9-10-17(25)13(2)11-15/h9-11,14H,5-8,12H2,1-4H3,(H,26,30). The summed E-state index contributed by atoms with van der Waals surface area (Å²) in [7, 11) is 1.84. The summed E-state index contributed by atoms with van der Waals surface area (Å²) in [5.41, 5.74) is 2.45. The van der Waals surface area contributed by atoms with Gasteiger partial charge in [-0.3, -0.25) is 4.79 Å². The molecule has 1 amide bonds. The van der Waals surface area contributed by atoms with Crippen molar-refractivity contribution in [2.75, 3.05) is 17.7 Å². The van der Waals surface area contributed by atoms with Crippen molar-refractivity contribution < 1.29 is 19.1 Å². The molecule has 0 saturated heterocycles. The van der Waals surface area contributed by atoms with E-state index in [-0.39, 0.29) is 23.7 Å². The van der Waals surface area contributed by atoms with Gasteiger partial charge in [-0.05, 0) is 69.4 Å². The van der Waals surface area contributed by atoms with Gasteiger partial charge in [-0.2, -0.15) is 0 Å². The Morgan fingerprint density at radius 3 is 2.86 bits per heavy atom. The molecule has 0 saturated carbocycles. The summed E-state index contributed by atoms with van der Waals surface area (Å²) < 4.78 is 13.1. The van der Waals surface area contributed by atoms with Gasteiger partial charge in [-0.25, -0.2) is 4.79 Å². The summed E-state index contributed by atoms with van der Waals surface area (Å²) in [6.07, 6.45) is 2.43. The number of esters is 1. The lowest BCUT2D eigenvalue weighted by atomic mass is 10.1. The van der Waals surface area contributed by atoms with Crippen LogP contribution in [0.3, 0.4) is 0 Å². The number of amides is 1. The Hall–Kier alpha value is -2.56. The summed E-state index contributed by atoms with van der Waals surface area (Å²) in [6.45, 7) is 5.88. The number of thiophene rings is 1. The Balaban J connectivity index is 1.39. The fourth-order valence-corrected chi connectivity index (χ4v) is 6.09. The second kappa shape index (κ2) is 11.0. The van der Waals surface area contributed by atoms with E-state index in [1.165, 1.54) is 23.1 Å². The van der Waals surface area contributed by atoms with Crippen molar-refractivity contribution in [2.24, 2.45) is 7.05 Å². The second-order valence-corrected chi connectivity index (χ2v) is 10.6. The average Bonchev–Trinajstić information content (AvgIpc) is 3.49. The predicted molar refractivity (Wildman–Crippen MR) is 138 cm³/mol. The number of aryl methyl sites for hydroxylation is 2. The van der Waals surface area contributed by atoms with E-state index in [4.69, 9.17) is 21.1 Å². The van der Waals surface area contributed by atoms with E-state index in [2.05, 4.69) is 15.5 Å². The minimum absolute atomic E-state index is 0.127. The Bertz CT molecular complexity index is 1260. The summed E-state index contributed by atoms with van der Waals surface area (Å²) in [5, 5.41) is 13.2. The summed E-state index contributed by atoms with van der Waals surface area (Å²) >= 11 is 8.83. The first-order valence-corrected chi connectivity index (χ1v) is 13.5. The van der Waals surface area contributed by atoms with Crippen molar-refractivity contribution >= 4 is 51.6 Å². The highest BCUT2D eigenvalue weighted by atomic mass is 35.5. The number of carbonyl (C=O) groups excluding carboxylic acids is 2. The minimum atomic E-state index is -0.377. The number of carbonyl (C=O) groups is 2. The maximum atomic E-state index is 12.7. The number of benzene rings is 1. The summed E-state index contributed by atoms with van der Waals surface area (Å²) in [4.78, 5) is 26.4. The number of hydrogen-bond acceptors (Lipinski definition) is 8. The SMILES string of the molecule is CCOC(=O)c1c(NC(=O)CSc2nnc(C(C)Oc3ccc(Cl)c(C)c3)n2C)sc2c1CCC2. The fraction of sp³-hybridized carbons (Fsp3) is 0.417. The number of aromatic nitrogens is 3. The van der Waals surface area contributed by atoms with Crippen LogP contribution in [0.1, 0.15) is 58.6 Å². The van der Waals surface area contributed by atoms with Gasteiger partial charge >= 0.3 is 5.97 Å². The van der Waals surface area contributed by atoms with Gasteiger partial charge < -0.3 is 19.4 Å². The Morgan fingerprint density at radius 2 is 2.11 bits per heavy atom.